The normalized spacial score (nSPS) is 9.50. The fraction of sp³-hybridized carbons (Fsp3) is 0. The minimum atomic E-state index is -4.07. The van der Waals surface area contributed by atoms with Crippen LogP contribution < -0.4 is 0 Å². The fourth-order valence-corrected chi connectivity index (χ4v) is 0.476. The SMILES string of the molecule is N#[C][Co][S](=O)(=O)O.[Ti]. The average molecular weight is 214 g/mol. The van der Waals surface area contributed by atoms with E-state index < -0.39 is 22.2 Å². The minimum Gasteiger partial charge on any atom is 0 e. The van der Waals surface area contributed by atoms with Crippen molar-refractivity contribution in [2.24, 2.45) is 0 Å². The molecular weight excluding hydrogens is 213 g/mol. The van der Waals surface area contributed by atoms with E-state index in [1.807, 2.05) is 0 Å². The van der Waals surface area contributed by atoms with Crippen molar-refractivity contribution in [1.82, 2.24) is 0 Å². The first-order valence-corrected chi connectivity index (χ1v) is 4.14. The summed E-state index contributed by atoms with van der Waals surface area (Å²) in [4.78, 5) is 0. The molecule has 0 amide bonds. The van der Waals surface area contributed by atoms with Gasteiger partial charge in [0.25, 0.3) is 0 Å². The van der Waals surface area contributed by atoms with Crippen LogP contribution in [-0.4, -0.2) is 13.0 Å². The summed E-state index contributed by atoms with van der Waals surface area (Å²) in [6, 6.07) is 0. The molecule has 0 aromatic heterocycles. The molecule has 0 atom stereocenters. The number of hydrogen-bond donors (Lipinski definition) is 1. The van der Waals surface area contributed by atoms with Gasteiger partial charge in [-0.05, 0) is 0 Å². The molecule has 0 aliphatic carbocycles. The van der Waals surface area contributed by atoms with Crippen LogP contribution in [0, 0.1) is 10.3 Å². The molecule has 0 radical (unpaired) electrons. The van der Waals surface area contributed by atoms with Crippen molar-refractivity contribution in [3.05, 3.63) is 0 Å². The summed E-state index contributed by atoms with van der Waals surface area (Å²) in [5.41, 5.74) is 0. The quantitative estimate of drug-likeness (QED) is 0.464. The molecule has 0 rings (SSSR count). The first-order valence-electron chi connectivity index (χ1n) is 1.04. The van der Waals surface area contributed by atoms with Crippen LogP contribution in [-0.2, 0) is 43.9 Å². The monoisotopic (exact) mass is 214 g/mol. The van der Waals surface area contributed by atoms with Gasteiger partial charge >= 0.3 is 45.4 Å². The summed E-state index contributed by atoms with van der Waals surface area (Å²) < 4.78 is 26.9. The van der Waals surface area contributed by atoms with Crippen LogP contribution in [0.1, 0.15) is 0 Å². The molecule has 0 aromatic rings. The van der Waals surface area contributed by atoms with Crippen molar-refractivity contribution in [3.8, 4) is 5.00 Å². The molecule has 47 valence electrons. The van der Waals surface area contributed by atoms with E-state index in [0.29, 0.717) is 0 Å². The van der Waals surface area contributed by atoms with Crippen LogP contribution in [0.2, 0.25) is 0 Å². The Morgan fingerprint density at radius 2 is 2.00 bits per heavy atom. The van der Waals surface area contributed by atoms with Gasteiger partial charge in [-0.2, -0.15) is 0 Å². The Morgan fingerprint density at radius 3 is 2.00 bits per heavy atom. The molecule has 0 heterocycles. The molecular formula is CHCoNO3STi. The molecule has 0 aliphatic heterocycles. The van der Waals surface area contributed by atoms with Gasteiger partial charge in [0.15, 0.2) is 0 Å². The summed E-state index contributed by atoms with van der Waals surface area (Å²) in [6.45, 7) is 0. The molecule has 4 nitrogen and oxygen atoms in total. The third-order valence-corrected chi connectivity index (χ3v) is 1.44. The molecule has 8 heavy (non-hydrogen) atoms. The Hall–Kier alpha value is 0.621. The van der Waals surface area contributed by atoms with Gasteiger partial charge < -0.3 is 0 Å². The third kappa shape index (κ3) is 9.80. The van der Waals surface area contributed by atoms with Crippen molar-refractivity contribution >= 4 is 8.59 Å². The van der Waals surface area contributed by atoms with Gasteiger partial charge in [0, 0.05) is 21.7 Å². The topological polar surface area (TPSA) is 78.2 Å². The van der Waals surface area contributed by atoms with E-state index in [9.17, 15) is 8.42 Å². The van der Waals surface area contributed by atoms with E-state index in [4.69, 9.17) is 9.81 Å². The third-order valence-electron chi connectivity index (χ3n) is 0.116. The summed E-state index contributed by atoms with van der Waals surface area (Å²) in [6.07, 6.45) is 0. The second kappa shape index (κ2) is 4.49. The largest absolute Gasteiger partial charge is 0 e. The van der Waals surface area contributed by atoms with Crippen LogP contribution in [0.5, 0.6) is 0 Å². The molecule has 0 unspecified atom stereocenters. The van der Waals surface area contributed by atoms with Crippen LogP contribution in [0.3, 0.4) is 0 Å². The molecule has 0 aliphatic rings. The molecule has 0 saturated heterocycles. The van der Waals surface area contributed by atoms with Crippen molar-refractivity contribution < 1.29 is 48.3 Å². The zero-order valence-electron chi connectivity index (χ0n) is 3.45. The minimum absolute atomic E-state index is 0. The predicted molar refractivity (Wildman–Crippen MR) is 17.2 cm³/mol. The number of hydrogen-bond acceptors (Lipinski definition) is 3. The first-order chi connectivity index (χ1) is 3.06. The van der Waals surface area contributed by atoms with E-state index >= 15 is 0 Å². The number of rotatable bonds is 1. The van der Waals surface area contributed by atoms with Gasteiger partial charge in [0.05, 0.1) is 0 Å². The number of nitrogens with zero attached hydrogens (tertiary/aromatic N) is 1. The molecule has 0 aromatic carbocycles. The van der Waals surface area contributed by atoms with Gasteiger partial charge in [0.2, 0.25) is 0 Å². The Balaban J connectivity index is 0. The molecule has 0 saturated carbocycles. The van der Waals surface area contributed by atoms with Crippen molar-refractivity contribution in [1.29, 1.82) is 5.26 Å². The van der Waals surface area contributed by atoms with E-state index in [-0.39, 0.29) is 21.7 Å². The number of nitriles is 1. The van der Waals surface area contributed by atoms with E-state index in [2.05, 4.69) is 0 Å². The van der Waals surface area contributed by atoms with Crippen LogP contribution in [0.4, 0.5) is 0 Å². The van der Waals surface area contributed by atoms with E-state index in [0.717, 1.165) is 0 Å². The molecule has 7 heteroatoms. The Bertz CT molecular complexity index is 180. The maximum absolute atomic E-state index is 9.55. The molecule has 1 N–H and O–H groups in total. The van der Waals surface area contributed by atoms with Crippen LogP contribution in [0.15, 0.2) is 0 Å². The Kier molecular flexibility index (Phi) is 6.42. The second-order valence-electron chi connectivity index (χ2n) is 0.532. The van der Waals surface area contributed by atoms with E-state index in [1.54, 1.807) is 0 Å². The van der Waals surface area contributed by atoms with Crippen molar-refractivity contribution in [2.45, 2.75) is 0 Å². The van der Waals surface area contributed by atoms with Gasteiger partial charge in [-0.1, -0.05) is 0 Å². The summed E-state index contributed by atoms with van der Waals surface area (Å²) in [5, 5.41) is 8.84. The molecule has 0 fully saturated rings. The van der Waals surface area contributed by atoms with Crippen molar-refractivity contribution in [2.75, 3.05) is 0 Å². The molecule has 0 bridgehead atoms. The standard InChI is InChI=1S/CN.Co.HO3S.Ti/c1-2;;1-4(2)3;/h;;(H,1,2,3);. The maximum Gasteiger partial charge on any atom is 0 e. The zero-order valence-corrected chi connectivity index (χ0v) is 6.87. The summed E-state index contributed by atoms with van der Waals surface area (Å²) in [7, 11) is -4.07. The van der Waals surface area contributed by atoms with Gasteiger partial charge in [-0.15, -0.1) is 0 Å². The first kappa shape index (κ1) is 11.4. The smallest absolute Gasteiger partial charge is 0 e. The Morgan fingerprint density at radius 1 is 1.62 bits per heavy atom. The zero-order chi connectivity index (χ0) is 5.91. The molecule has 0 spiro atoms. The van der Waals surface area contributed by atoms with Crippen molar-refractivity contribution in [3.63, 3.8) is 0 Å². The summed E-state index contributed by atoms with van der Waals surface area (Å²) in [5.74, 6) is 0. The van der Waals surface area contributed by atoms with E-state index in [1.165, 1.54) is 5.00 Å². The van der Waals surface area contributed by atoms with Crippen LogP contribution >= 0.6 is 0 Å². The summed E-state index contributed by atoms with van der Waals surface area (Å²) >= 11 is -0.583. The van der Waals surface area contributed by atoms with Crippen LogP contribution in [0.25, 0.3) is 0 Å². The maximum atomic E-state index is 9.55. The van der Waals surface area contributed by atoms with Gasteiger partial charge in [-0.25, -0.2) is 0 Å². The average Bonchev–Trinajstić information content (AvgIpc) is 1.30. The Labute approximate surface area is 67.0 Å². The fourth-order valence-electron chi connectivity index (χ4n) is 0.0385. The predicted octanol–water partition coefficient (Wildman–Crippen LogP) is -0.650. The second-order valence-corrected chi connectivity index (χ2v) is 3.93. The van der Waals surface area contributed by atoms with Gasteiger partial charge in [0.1, 0.15) is 0 Å². The van der Waals surface area contributed by atoms with Gasteiger partial charge in [-0.3, -0.25) is 0 Å².